The maximum absolute atomic E-state index is 10.5. The second kappa shape index (κ2) is 3.73. The molecule has 1 fully saturated rings. The molecule has 1 aliphatic rings. The fourth-order valence-electron chi connectivity index (χ4n) is 1.20. The van der Waals surface area contributed by atoms with Crippen LogP contribution in [0.3, 0.4) is 0 Å². The summed E-state index contributed by atoms with van der Waals surface area (Å²) < 4.78 is 10.4. The largest absolute Gasteiger partial charge is 0.478 e. The highest BCUT2D eigenvalue weighted by Crippen LogP contribution is 2.20. The van der Waals surface area contributed by atoms with E-state index in [2.05, 4.69) is 4.98 Å². The Balaban J connectivity index is 2.16. The van der Waals surface area contributed by atoms with Crippen LogP contribution in [0.5, 0.6) is 0 Å². The van der Waals surface area contributed by atoms with Crippen LogP contribution < -0.4 is 0 Å². The van der Waals surface area contributed by atoms with E-state index in [1.54, 1.807) is 6.07 Å². The van der Waals surface area contributed by atoms with E-state index in [-0.39, 0.29) is 5.56 Å². The van der Waals surface area contributed by atoms with E-state index in [1.807, 2.05) is 0 Å². The first-order chi connectivity index (χ1) is 6.77. The summed E-state index contributed by atoms with van der Waals surface area (Å²) in [7, 11) is 0. The van der Waals surface area contributed by atoms with Gasteiger partial charge in [0.2, 0.25) is 6.29 Å². The van der Waals surface area contributed by atoms with Gasteiger partial charge in [0.15, 0.2) is 0 Å². The summed E-state index contributed by atoms with van der Waals surface area (Å²) in [5.41, 5.74) is 0.763. The molecule has 5 nitrogen and oxygen atoms in total. The lowest BCUT2D eigenvalue weighted by molar-refractivity contribution is -0.0473. The number of carboxylic acids is 1. The van der Waals surface area contributed by atoms with Gasteiger partial charge in [-0.2, -0.15) is 0 Å². The van der Waals surface area contributed by atoms with Crippen molar-refractivity contribution in [3.05, 3.63) is 29.6 Å². The number of aromatic carboxylic acids is 1. The van der Waals surface area contributed by atoms with Gasteiger partial charge < -0.3 is 14.6 Å². The standard InChI is InChI=1S/C9H9NO4/c11-8(12)6-1-2-7(10-5-6)9-13-3-4-14-9/h1-2,5,9H,3-4H2,(H,11,12). The Hall–Kier alpha value is -1.46. The first kappa shape index (κ1) is 9.11. The zero-order valence-corrected chi connectivity index (χ0v) is 7.34. The number of hydrogen-bond donors (Lipinski definition) is 1. The lowest BCUT2D eigenvalue weighted by atomic mass is 10.2. The minimum atomic E-state index is -0.989. The number of aromatic nitrogens is 1. The van der Waals surface area contributed by atoms with Crippen LogP contribution in [0, 0.1) is 0 Å². The molecule has 0 saturated carbocycles. The van der Waals surface area contributed by atoms with Crippen LogP contribution in [0.2, 0.25) is 0 Å². The van der Waals surface area contributed by atoms with Gasteiger partial charge in [0, 0.05) is 6.20 Å². The highest BCUT2D eigenvalue weighted by Gasteiger charge is 2.19. The van der Waals surface area contributed by atoms with Crippen molar-refractivity contribution in [1.82, 2.24) is 4.98 Å². The fourth-order valence-corrected chi connectivity index (χ4v) is 1.20. The van der Waals surface area contributed by atoms with Gasteiger partial charge in [0.05, 0.1) is 24.5 Å². The van der Waals surface area contributed by atoms with Crippen molar-refractivity contribution in [2.45, 2.75) is 6.29 Å². The number of carbonyl (C=O) groups is 1. The molecule has 0 radical (unpaired) electrons. The number of nitrogens with zero attached hydrogens (tertiary/aromatic N) is 1. The van der Waals surface area contributed by atoms with Crippen molar-refractivity contribution in [3.63, 3.8) is 0 Å². The van der Waals surface area contributed by atoms with Gasteiger partial charge in [-0.05, 0) is 12.1 Å². The third-order valence-electron chi connectivity index (χ3n) is 1.90. The smallest absolute Gasteiger partial charge is 0.337 e. The number of pyridine rings is 1. The van der Waals surface area contributed by atoms with Crippen molar-refractivity contribution < 1.29 is 19.4 Å². The Morgan fingerprint density at radius 2 is 2.14 bits per heavy atom. The molecular formula is C9H9NO4. The average Bonchev–Trinajstić information content (AvgIpc) is 2.71. The van der Waals surface area contributed by atoms with E-state index < -0.39 is 12.3 Å². The Morgan fingerprint density at radius 1 is 1.43 bits per heavy atom. The van der Waals surface area contributed by atoms with Crippen LogP contribution in [-0.4, -0.2) is 29.3 Å². The van der Waals surface area contributed by atoms with Crippen LogP contribution in [0.15, 0.2) is 18.3 Å². The van der Waals surface area contributed by atoms with Crippen molar-refractivity contribution in [3.8, 4) is 0 Å². The molecule has 1 aliphatic heterocycles. The van der Waals surface area contributed by atoms with E-state index in [0.29, 0.717) is 18.9 Å². The Labute approximate surface area is 80.3 Å². The summed E-state index contributed by atoms with van der Waals surface area (Å²) in [5.74, 6) is -0.989. The third kappa shape index (κ3) is 1.73. The second-order valence-corrected chi connectivity index (χ2v) is 2.85. The molecule has 1 saturated heterocycles. The quantitative estimate of drug-likeness (QED) is 0.756. The van der Waals surface area contributed by atoms with Crippen LogP contribution in [0.4, 0.5) is 0 Å². The van der Waals surface area contributed by atoms with Crippen LogP contribution >= 0.6 is 0 Å². The van der Waals surface area contributed by atoms with E-state index in [4.69, 9.17) is 14.6 Å². The molecular weight excluding hydrogens is 186 g/mol. The summed E-state index contributed by atoms with van der Waals surface area (Å²) >= 11 is 0. The van der Waals surface area contributed by atoms with Crippen LogP contribution in [0.1, 0.15) is 22.3 Å². The molecule has 2 heterocycles. The van der Waals surface area contributed by atoms with E-state index in [0.717, 1.165) is 0 Å². The van der Waals surface area contributed by atoms with Gasteiger partial charge in [-0.15, -0.1) is 0 Å². The molecule has 1 aromatic heterocycles. The summed E-state index contributed by atoms with van der Waals surface area (Å²) in [6.45, 7) is 1.10. The molecule has 0 amide bonds. The molecule has 0 aromatic carbocycles. The highest BCUT2D eigenvalue weighted by molar-refractivity contribution is 5.87. The van der Waals surface area contributed by atoms with Crippen molar-refractivity contribution in [2.75, 3.05) is 13.2 Å². The number of ether oxygens (including phenoxy) is 2. The SMILES string of the molecule is O=C(O)c1ccc(C2OCCO2)nc1. The van der Waals surface area contributed by atoms with Gasteiger partial charge in [-0.3, -0.25) is 4.98 Å². The number of rotatable bonds is 2. The number of carboxylic acid groups (broad SMARTS) is 1. The molecule has 14 heavy (non-hydrogen) atoms. The Kier molecular flexibility index (Phi) is 2.43. The number of hydrogen-bond acceptors (Lipinski definition) is 4. The lowest BCUT2D eigenvalue weighted by Crippen LogP contribution is -2.03. The third-order valence-corrected chi connectivity index (χ3v) is 1.90. The summed E-state index contributed by atoms with van der Waals surface area (Å²) in [6.07, 6.45) is 0.848. The molecule has 0 spiro atoms. The van der Waals surface area contributed by atoms with E-state index >= 15 is 0 Å². The van der Waals surface area contributed by atoms with E-state index in [9.17, 15) is 4.79 Å². The first-order valence-electron chi connectivity index (χ1n) is 4.20. The maximum Gasteiger partial charge on any atom is 0.337 e. The lowest BCUT2D eigenvalue weighted by Gasteiger charge is -2.07. The van der Waals surface area contributed by atoms with Crippen molar-refractivity contribution >= 4 is 5.97 Å². The molecule has 0 aliphatic carbocycles. The maximum atomic E-state index is 10.5. The van der Waals surface area contributed by atoms with Crippen LogP contribution in [0.25, 0.3) is 0 Å². The zero-order valence-electron chi connectivity index (χ0n) is 7.34. The van der Waals surface area contributed by atoms with Gasteiger partial charge in [0.1, 0.15) is 0 Å². The van der Waals surface area contributed by atoms with Crippen LogP contribution in [-0.2, 0) is 9.47 Å². The van der Waals surface area contributed by atoms with Gasteiger partial charge in [0.25, 0.3) is 0 Å². The second-order valence-electron chi connectivity index (χ2n) is 2.85. The topological polar surface area (TPSA) is 68.7 Å². The van der Waals surface area contributed by atoms with E-state index in [1.165, 1.54) is 12.3 Å². The Bertz CT molecular complexity index is 329. The molecule has 1 N–H and O–H groups in total. The monoisotopic (exact) mass is 195 g/mol. The zero-order chi connectivity index (χ0) is 9.97. The van der Waals surface area contributed by atoms with Crippen molar-refractivity contribution in [2.24, 2.45) is 0 Å². The minimum absolute atomic E-state index is 0.159. The first-order valence-corrected chi connectivity index (χ1v) is 4.20. The normalized spacial score (nSPS) is 17.1. The van der Waals surface area contributed by atoms with Gasteiger partial charge in [-0.25, -0.2) is 4.79 Å². The fraction of sp³-hybridized carbons (Fsp3) is 0.333. The predicted octanol–water partition coefficient (Wildman–Crippen LogP) is 0.825. The summed E-state index contributed by atoms with van der Waals surface area (Å²) in [5, 5.41) is 8.64. The molecule has 2 rings (SSSR count). The molecule has 74 valence electrons. The van der Waals surface area contributed by atoms with Gasteiger partial charge >= 0.3 is 5.97 Å². The summed E-state index contributed by atoms with van der Waals surface area (Å²) in [4.78, 5) is 14.5. The molecule has 0 atom stereocenters. The molecule has 5 heteroatoms. The van der Waals surface area contributed by atoms with Crippen molar-refractivity contribution in [1.29, 1.82) is 0 Å². The predicted molar refractivity (Wildman–Crippen MR) is 45.8 cm³/mol. The minimum Gasteiger partial charge on any atom is -0.478 e. The molecule has 1 aromatic rings. The van der Waals surface area contributed by atoms with Gasteiger partial charge in [-0.1, -0.05) is 0 Å². The molecule has 0 bridgehead atoms. The molecule has 0 unspecified atom stereocenters. The summed E-state index contributed by atoms with van der Waals surface area (Å²) in [6, 6.07) is 3.08. The highest BCUT2D eigenvalue weighted by atomic mass is 16.7. The average molecular weight is 195 g/mol. The Morgan fingerprint density at radius 3 is 2.64 bits per heavy atom.